The maximum Gasteiger partial charge on any atom is 0.161 e. The third-order valence-corrected chi connectivity index (χ3v) is 1.70. The average molecular weight is 182 g/mol. The summed E-state index contributed by atoms with van der Waals surface area (Å²) in [5, 5.41) is 0. The van der Waals surface area contributed by atoms with Gasteiger partial charge < -0.3 is 9.47 Å². The van der Waals surface area contributed by atoms with Crippen LogP contribution in [0.4, 0.5) is 0 Å². The summed E-state index contributed by atoms with van der Waals surface area (Å²) in [4.78, 5) is 0. The number of rotatable bonds is 0. The molecule has 72 valence electrons. The predicted octanol–water partition coefficient (Wildman–Crippen LogP) is 0.585. The van der Waals surface area contributed by atoms with Crippen molar-refractivity contribution in [3.05, 3.63) is 23.8 Å². The Labute approximate surface area is 77.4 Å². The topological polar surface area (TPSA) is 70.5 Å². The first kappa shape index (κ1) is 9.83. The van der Waals surface area contributed by atoms with Crippen LogP contribution in [0.25, 0.3) is 0 Å². The minimum Gasteiger partial charge on any atom is -0.486 e. The van der Waals surface area contributed by atoms with Crippen molar-refractivity contribution < 1.29 is 9.47 Å². The van der Waals surface area contributed by atoms with Crippen LogP contribution in [0.3, 0.4) is 0 Å². The van der Waals surface area contributed by atoms with Crippen molar-refractivity contribution in [3.8, 4) is 11.5 Å². The standard InChI is InChI=1S/C9H10O2.H4N2/c1-7-2-3-8-9(6-7)11-5-4-10-8;1-2/h2-3,6H,4-5H2,1H3;1-2H2. The molecule has 0 bridgehead atoms. The van der Waals surface area contributed by atoms with E-state index in [2.05, 4.69) is 11.7 Å². The molecule has 4 nitrogen and oxygen atoms in total. The molecule has 0 spiro atoms. The highest BCUT2D eigenvalue weighted by Crippen LogP contribution is 2.30. The highest BCUT2D eigenvalue weighted by molar-refractivity contribution is 5.43. The SMILES string of the molecule is Cc1ccc2c(c1)OCCO2.NN. The summed E-state index contributed by atoms with van der Waals surface area (Å²) >= 11 is 0. The van der Waals surface area contributed by atoms with E-state index in [0.29, 0.717) is 13.2 Å². The van der Waals surface area contributed by atoms with E-state index in [0.717, 1.165) is 11.5 Å². The summed E-state index contributed by atoms with van der Waals surface area (Å²) in [5.41, 5.74) is 1.20. The molecule has 0 saturated heterocycles. The number of benzene rings is 1. The molecule has 0 amide bonds. The number of hydrazine groups is 1. The van der Waals surface area contributed by atoms with Crippen molar-refractivity contribution in [2.24, 2.45) is 11.7 Å². The quantitative estimate of drug-likeness (QED) is 0.455. The third-order valence-electron chi connectivity index (χ3n) is 1.70. The Kier molecular flexibility index (Phi) is 3.54. The second kappa shape index (κ2) is 4.69. The van der Waals surface area contributed by atoms with Crippen molar-refractivity contribution in [1.82, 2.24) is 0 Å². The van der Waals surface area contributed by atoms with E-state index in [4.69, 9.17) is 9.47 Å². The lowest BCUT2D eigenvalue weighted by Gasteiger charge is -2.18. The van der Waals surface area contributed by atoms with Crippen LogP contribution in [0.5, 0.6) is 11.5 Å². The number of ether oxygens (including phenoxy) is 2. The zero-order chi connectivity index (χ0) is 9.68. The molecule has 1 aliphatic rings. The Bertz CT molecular complexity index is 276. The van der Waals surface area contributed by atoms with Gasteiger partial charge in [0.25, 0.3) is 0 Å². The summed E-state index contributed by atoms with van der Waals surface area (Å²) in [6, 6.07) is 5.96. The zero-order valence-electron chi connectivity index (χ0n) is 7.62. The van der Waals surface area contributed by atoms with E-state index in [-0.39, 0.29) is 0 Å². The number of hydrogen-bond acceptors (Lipinski definition) is 4. The van der Waals surface area contributed by atoms with Crippen LogP contribution in [0.15, 0.2) is 18.2 Å². The molecule has 0 aromatic heterocycles. The van der Waals surface area contributed by atoms with Crippen molar-refractivity contribution in [2.75, 3.05) is 13.2 Å². The maximum atomic E-state index is 5.38. The van der Waals surface area contributed by atoms with E-state index in [1.54, 1.807) is 0 Å². The van der Waals surface area contributed by atoms with Gasteiger partial charge in [-0.15, -0.1) is 0 Å². The molecule has 1 aliphatic heterocycles. The molecule has 0 unspecified atom stereocenters. The second-order valence-corrected chi connectivity index (χ2v) is 2.65. The Hall–Kier alpha value is -1.26. The van der Waals surface area contributed by atoms with E-state index in [1.807, 2.05) is 25.1 Å². The smallest absolute Gasteiger partial charge is 0.161 e. The molecule has 4 heteroatoms. The van der Waals surface area contributed by atoms with E-state index < -0.39 is 0 Å². The molecule has 0 aliphatic carbocycles. The van der Waals surface area contributed by atoms with E-state index >= 15 is 0 Å². The van der Waals surface area contributed by atoms with Crippen LogP contribution in [0, 0.1) is 6.92 Å². The summed E-state index contributed by atoms with van der Waals surface area (Å²) in [5.74, 6) is 9.73. The second-order valence-electron chi connectivity index (χ2n) is 2.65. The largest absolute Gasteiger partial charge is 0.486 e. The minimum absolute atomic E-state index is 0.663. The lowest BCUT2D eigenvalue weighted by Crippen LogP contribution is -2.15. The van der Waals surface area contributed by atoms with Gasteiger partial charge in [-0.2, -0.15) is 0 Å². The van der Waals surface area contributed by atoms with Crippen LogP contribution in [0.1, 0.15) is 5.56 Å². The van der Waals surface area contributed by atoms with Crippen molar-refractivity contribution in [2.45, 2.75) is 6.92 Å². The first-order valence-electron chi connectivity index (χ1n) is 4.06. The molecule has 4 N–H and O–H groups in total. The molecule has 0 saturated carbocycles. The van der Waals surface area contributed by atoms with Gasteiger partial charge in [-0.25, -0.2) is 0 Å². The molecule has 13 heavy (non-hydrogen) atoms. The molecule has 1 aromatic rings. The number of fused-ring (bicyclic) bond motifs is 1. The fraction of sp³-hybridized carbons (Fsp3) is 0.333. The fourth-order valence-corrected chi connectivity index (χ4v) is 1.15. The van der Waals surface area contributed by atoms with Crippen molar-refractivity contribution >= 4 is 0 Å². The summed E-state index contributed by atoms with van der Waals surface area (Å²) < 4.78 is 10.7. The van der Waals surface area contributed by atoms with Crippen LogP contribution < -0.4 is 21.2 Å². The van der Waals surface area contributed by atoms with Crippen LogP contribution >= 0.6 is 0 Å². The Morgan fingerprint density at radius 2 is 1.69 bits per heavy atom. The summed E-state index contributed by atoms with van der Waals surface area (Å²) in [6.45, 7) is 3.37. The van der Waals surface area contributed by atoms with Gasteiger partial charge >= 0.3 is 0 Å². The Balaban J connectivity index is 0.000000396. The van der Waals surface area contributed by atoms with Crippen LogP contribution in [0.2, 0.25) is 0 Å². The molecule has 0 fully saturated rings. The first-order valence-corrected chi connectivity index (χ1v) is 4.06. The third kappa shape index (κ3) is 2.34. The number of hydrogen-bond donors (Lipinski definition) is 2. The first-order chi connectivity index (χ1) is 6.36. The summed E-state index contributed by atoms with van der Waals surface area (Å²) in [6.07, 6.45) is 0. The van der Waals surface area contributed by atoms with Crippen molar-refractivity contribution in [1.29, 1.82) is 0 Å². The fourth-order valence-electron chi connectivity index (χ4n) is 1.15. The molecular formula is C9H14N2O2. The Morgan fingerprint density at radius 3 is 2.38 bits per heavy atom. The average Bonchev–Trinajstić information content (AvgIpc) is 2.21. The van der Waals surface area contributed by atoms with Gasteiger partial charge in [0.05, 0.1) is 0 Å². The minimum atomic E-state index is 0.663. The van der Waals surface area contributed by atoms with Gasteiger partial charge in [-0.1, -0.05) is 6.07 Å². The predicted molar refractivity (Wildman–Crippen MR) is 50.5 cm³/mol. The van der Waals surface area contributed by atoms with E-state index in [9.17, 15) is 0 Å². The normalized spacial score (nSPS) is 12.8. The molecular weight excluding hydrogens is 168 g/mol. The van der Waals surface area contributed by atoms with Crippen LogP contribution in [-0.2, 0) is 0 Å². The van der Waals surface area contributed by atoms with Gasteiger partial charge in [0.15, 0.2) is 11.5 Å². The lowest BCUT2D eigenvalue weighted by atomic mass is 10.2. The lowest BCUT2D eigenvalue weighted by molar-refractivity contribution is 0.171. The van der Waals surface area contributed by atoms with Gasteiger partial charge in [0.1, 0.15) is 13.2 Å². The number of nitrogens with two attached hydrogens (primary N) is 2. The maximum absolute atomic E-state index is 5.38. The van der Waals surface area contributed by atoms with Gasteiger partial charge in [-0.3, -0.25) is 11.7 Å². The highest BCUT2D eigenvalue weighted by atomic mass is 16.6. The molecule has 1 aromatic carbocycles. The highest BCUT2D eigenvalue weighted by Gasteiger charge is 2.09. The molecule has 2 rings (SSSR count). The Morgan fingerprint density at radius 1 is 1.08 bits per heavy atom. The van der Waals surface area contributed by atoms with E-state index in [1.165, 1.54) is 5.56 Å². The van der Waals surface area contributed by atoms with Gasteiger partial charge in [-0.05, 0) is 24.6 Å². The van der Waals surface area contributed by atoms with Gasteiger partial charge in [0, 0.05) is 0 Å². The van der Waals surface area contributed by atoms with Crippen LogP contribution in [-0.4, -0.2) is 13.2 Å². The molecule has 0 atom stereocenters. The molecule has 1 heterocycles. The zero-order valence-corrected chi connectivity index (χ0v) is 7.62. The van der Waals surface area contributed by atoms with Crippen molar-refractivity contribution in [3.63, 3.8) is 0 Å². The summed E-state index contributed by atoms with van der Waals surface area (Å²) in [7, 11) is 0. The molecule has 0 radical (unpaired) electrons. The van der Waals surface area contributed by atoms with Gasteiger partial charge in [0.2, 0.25) is 0 Å². The monoisotopic (exact) mass is 182 g/mol. The number of aryl methyl sites for hydroxylation is 1.